The van der Waals surface area contributed by atoms with Gasteiger partial charge in [0.05, 0.1) is 6.61 Å². The minimum atomic E-state index is -0.437. The van der Waals surface area contributed by atoms with Crippen LogP contribution in [0.4, 0.5) is 5.00 Å². The molecule has 2 aromatic carbocycles. The first-order valence-electron chi connectivity index (χ1n) is 8.73. The Kier molecular flexibility index (Phi) is 5.72. The second-order valence-corrected chi connectivity index (χ2v) is 7.14. The predicted octanol–water partition coefficient (Wildman–Crippen LogP) is 5.46. The van der Waals surface area contributed by atoms with Crippen LogP contribution in [0.1, 0.15) is 38.8 Å². The Balaban J connectivity index is 1.97. The van der Waals surface area contributed by atoms with Crippen molar-refractivity contribution in [2.24, 2.45) is 0 Å². The third kappa shape index (κ3) is 4.26. The molecule has 1 heterocycles. The van der Waals surface area contributed by atoms with Crippen LogP contribution >= 0.6 is 11.3 Å². The smallest absolute Gasteiger partial charge is 0.341 e. The molecule has 3 rings (SSSR count). The molecule has 27 heavy (non-hydrogen) atoms. The summed E-state index contributed by atoms with van der Waals surface area (Å²) in [6, 6.07) is 15.2. The first-order valence-corrected chi connectivity index (χ1v) is 9.61. The Hall–Kier alpha value is -2.92. The highest BCUT2D eigenvalue weighted by atomic mass is 32.1. The zero-order valence-electron chi connectivity index (χ0n) is 15.5. The van der Waals surface area contributed by atoms with Crippen LogP contribution in [0, 0.1) is 13.8 Å². The van der Waals surface area contributed by atoms with Crippen molar-refractivity contribution in [1.82, 2.24) is 0 Å². The Labute approximate surface area is 162 Å². The zero-order chi connectivity index (χ0) is 19.4. The monoisotopic (exact) mass is 379 g/mol. The molecule has 0 radical (unpaired) electrons. The molecule has 0 aliphatic rings. The molecule has 0 bridgehead atoms. The van der Waals surface area contributed by atoms with E-state index in [1.165, 1.54) is 11.3 Å². The lowest BCUT2D eigenvalue weighted by Crippen LogP contribution is -2.14. The lowest BCUT2D eigenvalue weighted by Gasteiger charge is -2.09. The lowest BCUT2D eigenvalue weighted by atomic mass is 10.0. The van der Waals surface area contributed by atoms with Crippen LogP contribution in [0.15, 0.2) is 53.9 Å². The number of benzene rings is 2. The van der Waals surface area contributed by atoms with Crippen LogP contribution in [0.25, 0.3) is 11.1 Å². The molecule has 0 unspecified atom stereocenters. The molecule has 138 valence electrons. The van der Waals surface area contributed by atoms with E-state index < -0.39 is 5.97 Å². The number of amides is 1. The van der Waals surface area contributed by atoms with Crippen molar-refractivity contribution in [2.75, 3.05) is 11.9 Å². The van der Waals surface area contributed by atoms with E-state index in [1.807, 2.05) is 55.6 Å². The second kappa shape index (κ2) is 8.18. The van der Waals surface area contributed by atoms with Gasteiger partial charge in [0.15, 0.2) is 0 Å². The van der Waals surface area contributed by atoms with E-state index in [1.54, 1.807) is 19.1 Å². The number of carbonyl (C=O) groups excluding carboxylic acids is 2. The second-order valence-electron chi connectivity index (χ2n) is 6.26. The Morgan fingerprint density at radius 2 is 1.56 bits per heavy atom. The van der Waals surface area contributed by atoms with Gasteiger partial charge in [-0.05, 0) is 38.5 Å². The van der Waals surface area contributed by atoms with Crippen molar-refractivity contribution in [3.8, 4) is 11.1 Å². The number of ether oxygens (including phenoxy) is 1. The van der Waals surface area contributed by atoms with Crippen LogP contribution in [0.5, 0.6) is 0 Å². The van der Waals surface area contributed by atoms with Crippen LogP contribution in [-0.4, -0.2) is 18.5 Å². The van der Waals surface area contributed by atoms with Gasteiger partial charge in [0.2, 0.25) is 0 Å². The largest absolute Gasteiger partial charge is 0.462 e. The normalized spacial score (nSPS) is 10.5. The highest BCUT2D eigenvalue weighted by Crippen LogP contribution is 2.36. The van der Waals surface area contributed by atoms with Gasteiger partial charge in [-0.25, -0.2) is 4.79 Å². The maximum absolute atomic E-state index is 12.6. The van der Waals surface area contributed by atoms with Gasteiger partial charge in [0, 0.05) is 16.5 Å². The molecule has 1 N–H and O–H groups in total. The summed E-state index contributed by atoms with van der Waals surface area (Å²) in [5.74, 6) is -0.689. The summed E-state index contributed by atoms with van der Waals surface area (Å²) in [7, 11) is 0. The summed E-state index contributed by atoms with van der Waals surface area (Å²) in [5, 5.41) is 5.24. The molecule has 1 aromatic heterocycles. The quantitative estimate of drug-likeness (QED) is 0.599. The molecular formula is C22H21NO3S. The van der Waals surface area contributed by atoms with Crippen molar-refractivity contribution < 1.29 is 14.3 Å². The van der Waals surface area contributed by atoms with Gasteiger partial charge in [-0.1, -0.05) is 47.5 Å². The van der Waals surface area contributed by atoms with Crippen molar-refractivity contribution >= 4 is 28.2 Å². The Morgan fingerprint density at radius 1 is 0.963 bits per heavy atom. The Bertz CT molecular complexity index is 956. The topological polar surface area (TPSA) is 55.4 Å². The van der Waals surface area contributed by atoms with Crippen LogP contribution < -0.4 is 5.32 Å². The van der Waals surface area contributed by atoms with Gasteiger partial charge in [-0.2, -0.15) is 0 Å². The van der Waals surface area contributed by atoms with E-state index >= 15 is 0 Å². The number of hydrogen-bond acceptors (Lipinski definition) is 4. The van der Waals surface area contributed by atoms with Gasteiger partial charge in [-0.15, -0.1) is 11.3 Å². The number of esters is 1. The molecule has 0 saturated heterocycles. The number of nitrogens with one attached hydrogen (secondary N) is 1. The fourth-order valence-electron chi connectivity index (χ4n) is 2.68. The van der Waals surface area contributed by atoms with Gasteiger partial charge in [0.25, 0.3) is 5.91 Å². The average Bonchev–Trinajstić information content (AvgIpc) is 3.06. The predicted molar refractivity (Wildman–Crippen MR) is 110 cm³/mol. The first-order chi connectivity index (χ1) is 13.0. The van der Waals surface area contributed by atoms with Crippen molar-refractivity contribution in [1.29, 1.82) is 0 Å². The summed E-state index contributed by atoms with van der Waals surface area (Å²) in [6.45, 7) is 6.01. The third-order valence-corrected chi connectivity index (χ3v) is 5.07. The number of hydrogen-bond donors (Lipinski definition) is 1. The fraction of sp³-hybridized carbons (Fsp3) is 0.182. The van der Waals surface area contributed by atoms with Crippen LogP contribution in [0.2, 0.25) is 0 Å². The molecule has 0 atom stereocenters. The molecular weight excluding hydrogens is 358 g/mol. The van der Waals surface area contributed by atoms with E-state index in [-0.39, 0.29) is 12.5 Å². The van der Waals surface area contributed by atoms with Gasteiger partial charge in [0.1, 0.15) is 10.6 Å². The summed E-state index contributed by atoms with van der Waals surface area (Å²) in [4.78, 5) is 25.2. The third-order valence-electron chi connectivity index (χ3n) is 4.17. The van der Waals surface area contributed by atoms with E-state index in [0.717, 1.165) is 22.3 Å². The number of rotatable bonds is 5. The molecule has 0 aliphatic carbocycles. The average molecular weight is 379 g/mol. The minimum absolute atomic E-state index is 0.252. The van der Waals surface area contributed by atoms with Gasteiger partial charge in [-0.3, -0.25) is 4.79 Å². The Morgan fingerprint density at radius 3 is 2.15 bits per heavy atom. The maximum Gasteiger partial charge on any atom is 0.341 e. The summed E-state index contributed by atoms with van der Waals surface area (Å²) in [6.07, 6.45) is 0. The molecule has 0 aliphatic heterocycles. The molecule has 1 amide bonds. The highest BCUT2D eigenvalue weighted by molar-refractivity contribution is 7.15. The van der Waals surface area contributed by atoms with Crippen molar-refractivity contribution in [2.45, 2.75) is 20.8 Å². The summed E-state index contributed by atoms with van der Waals surface area (Å²) < 4.78 is 5.23. The summed E-state index contributed by atoms with van der Waals surface area (Å²) in [5.41, 5.74) is 4.83. The standard InChI is InChI=1S/C22H21NO3S/c1-4-26-22(25)19-18(16-9-5-14(2)6-10-16)13-27-21(19)23-20(24)17-11-7-15(3)8-12-17/h5-13H,4H2,1-3H3,(H,23,24). The number of carbonyl (C=O) groups is 2. The lowest BCUT2D eigenvalue weighted by molar-refractivity contribution is 0.0529. The molecule has 3 aromatic rings. The van der Waals surface area contributed by atoms with Gasteiger partial charge < -0.3 is 10.1 Å². The maximum atomic E-state index is 12.6. The van der Waals surface area contributed by atoms with E-state index in [9.17, 15) is 9.59 Å². The van der Waals surface area contributed by atoms with Crippen LogP contribution in [0.3, 0.4) is 0 Å². The summed E-state index contributed by atoms with van der Waals surface area (Å²) >= 11 is 1.32. The molecule has 0 saturated carbocycles. The number of thiophene rings is 1. The SMILES string of the molecule is CCOC(=O)c1c(-c2ccc(C)cc2)csc1NC(=O)c1ccc(C)cc1. The van der Waals surface area contributed by atoms with E-state index in [2.05, 4.69) is 5.32 Å². The van der Waals surface area contributed by atoms with Gasteiger partial charge >= 0.3 is 5.97 Å². The van der Waals surface area contributed by atoms with E-state index in [0.29, 0.717) is 16.1 Å². The zero-order valence-corrected chi connectivity index (χ0v) is 16.4. The fourth-order valence-corrected chi connectivity index (χ4v) is 3.63. The van der Waals surface area contributed by atoms with Crippen molar-refractivity contribution in [3.63, 3.8) is 0 Å². The number of anilines is 1. The minimum Gasteiger partial charge on any atom is -0.462 e. The molecule has 0 spiro atoms. The number of aryl methyl sites for hydroxylation is 2. The molecule has 4 nitrogen and oxygen atoms in total. The molecule has 0 fully saturated rings. The van der Waals surface area contributed by atoms with Crippen LogP contribution in [-0.2, 0) is 4.74 Å². The first kappa shape index (κ1) is 18.9. The van der Waals surface area contributed by atoms with E-state index in [4.69, 9.17) is 4.74 Å². The van der Waals surface area contributed by atoms with Crippen molar-refractivity contribution in [3.05, 3.63) is 76.2 Å². The highest BCUT2D eigenvalue weighted by Gasteiger charge is 2.23. The molecule has 5 heteroatoms.